The first kappa shape index (κ1) is 9.18. The van der Waals surface area contributed by atoms with Crippen molar-refractivity contribution in [2.45, 2.75) is 0 Å². The molecule has 13 heavy (non-hydrogen) atoms. The fourth-order valence-electron chi connectivity index (χ4n) is 0.681. The van der Waals surface area contributed by atoms with Crippen molar-refractivity contribution in [1.82, 2.24) is 5.32 Å². The van der Waals surface area contributed by atoms with E-state index in [0.717, 1.165) is 0 Å². The van der Waals surface area contributed by atoms with Gasteiger partial charge < -0.3 is 11.1 Å². The van der Waals surface area contributed by atoms with Crippen LogP contribution in [0.5, 0.6) is 5.75 Å². The van der Waals surface area contributed by atoms with Gasteiger partial charge in [0.15, 0.2) is 0 Å². The van der Waals surface area contributed by atoms with E-state index in [2.05, 4.69) is 15.1 Å². The van der Waals surface area contributed by atoms with E-state index in [1.54, 1.807) is 24.3 Å². The maximum absolute atomic E-state index is 10.6. The Morgan fingerprint density at radius 3 is 2.77 bits per heavy atom. The van der Waals surface area contributed by atoms with Crippen molar-refractivity contribution in [3.63, 3.8) is 0 Å². The number of benzene rings is 1. The van der Waals surface area contributed by atoms with Crippen LogP contribution in [0, 0.1) is 0 Å². The molecule has 0 fully saturated rings. The summed E-state index contributed by atoms with van der Waals surface area (Å²) in [6, 6.07) is 6.71. The molecule has 0 aliphatic heterocycles. The van der Waals surface area contributed by atoms with E-state index < -0.39 is 6.09 Å². The van der Waals surface area contributed by atoms with Crippen molar-refractivity contribution in [1.29, 1.82) is 0 Å². The molecular formula is C8H10N2O3. The fraction of sp³-hybridized carbons (Fsp3) is 0.125. The van der Waals surface area contributed by atoms with Crippen LogP contribution in [0.15, 0.2) is 24.3 Å². The molecule has 0 aliphatic rings. The standard InChI is InChI=1S/C8H10N2O3/c1-10-8(11)13-12-7-5-3-2-4-6(7)9/h2-5H,9H2,1H3,(H,10,11). The molecular weight excluding hydrogens is 172 g/mol. The first-order valence-electron chi connectivity index (χ1n) is 3.65. The van der Waals surface area contributed by atoms with Gasteiger partial charge in [0.05, 0.1) is 5.69 Å². The van der Waals surface area contributed by atoms with E-state index in [9.17, 15) is 4.79 Å². The van der Waals surface area contributed by atoms with Crippen LogP contribution in [0.4, 0.5) is 10.5 Å². The maximum Gasteiger partial charge on any atom is 0.450 e. The molecule has 0 saturated heterocycles. The average Bonchev–Trinajstić information content (AvgIpc) is 2.16. The number of nitrogens with two attached hydrogens (primary N) is 1. The molecule has 0 aromatic heterocycles. The zero-order chi connectivity index (χ0) is 9.68. The lowest BCUT2D eigenvalue weighted by atomic mass is 10.3. The van der Waals surface area contributed by atoms with Crippen LogP contribution in [0.1, 0.15) is 0 Å². The van der Waals surface area contributed by atoms with Gasteiger partial charge in [-0.15, -0.1) is 0 Å². The highest BCUT2D eigenvalue weighted by molar-refractivity contribution is 5.66. The van der Waals surface area contributed by atoms with Crippen molar-refractivity contribution in [2.75, 3.05) is 12.8 Å². The molecule has 1 aromatic carbocycles. The molecule has 1 aromatic rings. The molecule has 0 saturated carbocycles. The second kappa shape index (κ2) is 4.20. The van der Waals surface area contributed by atoms with Gasteiger partial charge in [-0.1, -0.05) is 12.1 Å². The summed E-state index contributed by atoms with van der Waals surface area (Å²) in [5, 5.41) is 2.23. The summed E-state index contributed by atoms with van der Waals surface area (Å²) in [4.78, 5) is 19.6. The molecule has 0 atom stereocenters. The van der Waals surface area contributed by atoms with Gasteiger partial charge in [0, 0.05) is 7.05 Å². The van der Waals surface area contributed by atoms with Gasteiger partial charge in [-0.25, -0.2) is 9.68 Å². The van der Waals surface area contributed by atoms with Crippen LogP contribution in [-0.4, -0.2) is 13.1 Å². The number of nitrogens with one attached hydrogen (secondary N) is 1. The van der Waals surface area contributed by atoms with E-state index in [-0.39, 0.29) is 0 Å². The molecule has 0 radical (unpaired) electrons. The van der Waals surface area contributed by atoms with E-state index in [0.29, 0.717) is 11.4 Å². The molecule has 5 nitrogen and oxygen atoms in total. The Morgan fingerprint density at radius 2 is 2.15 bits per heavy atom. The Bertz CT molecular complexity index is 301. The summed E-state index contributed by atoms with van der Waals surface area (Å²) in [6.45, 7) is 0. The van der Waals surface area contributed by atoms with Gasteiger partial charge in [0.25, 0.3) is 0 Å². The smallest absolute Gasteiger partial charge is 0.396 e. The highest BCUT2D eigenvalue weighted by atomic mass is 17.2. The SMILES string of the molecule is CNC(=O)OOc1ccccc1N. The molecule has 0 spiro atoms. The van der Waals surface area contributed by atoms with E-state index in [1.807, 2.05) is 0 Å². The minimum atomic E-state index is -0.678. The second-order valence-corrected chi connectivity index (χ2v) is 2.24. The summed E-state index contributed by atoms with van der Waals surface area (Å²) in [5.41, 5.74) is 5.92. The van der Waals surface area contributed by atoms with E-state index in [1.165, 1.54) is 7.05 Å². The predicted molar refractivity (Wildman–Crippen MR) is 47.0 cm³/mol. The third-order valence-electron chi connectivity index (χ3n) is 1.33. The zero-order valence-electron chi connectivity index (χ0n) is 7.11. The lowest BCUT2D eigenvalue weighted by Crippen LogP contribution is -2.21. The van der Waals surface area contributed by atoms with Gasteiger partial charge >= 0.3 is 6.09 Å². The quantitative estimate of drug-likeness (QED) is 0.405. The molecule has 0 unspecified atom stereocenters. The number of carbonyl (C=O) groups excluding carboxylic acids is 1. The van der Waals surface area contributed by atoms with Gasteiger partial charge in [-0.05, 0) is 12.1 Å². The van der Waals surface area contributed by atoms with Gasteiger partial charge in [0.2, 0.25) is 5.75 Å². The highest BCUT2D eigenvalue weighted by Gasteiger charge is 2.03. The van der Waals surface area contributed by atoms with Crippen LogP contribution in [0.2, 0.25) is 0 Å². The number of hydrogen-bond donors (Lipinski definition) is 2. The van der Waals surface area contributed by atoms with Crippen molar-refractivity contribution in [3.05, 3.63) is 24.3 Å². The first-order chi connectivity index (χ1) is 6.24. The van der Waals surface area contributed by atoms with Crippen molar-refractivity contribution in [2.24, 2.45) is 0 Å². The lowest BCUT2D eigenvalue weighted by molar-refractivity contribution is -0.141. The monoisotopic (exact) mass is 182 g/mol. The molecule has 3 N–H and O–H groups in total. The Morgan fingerprint density at radius 1 is 1.46 bits per heavy atom. The first-order valence-corrected chi connectivity index (χ1v) is 3.65. The third-order valence-corrected chi connectivity index (χ3v) is 1.33. The Kier molecular flexibility index (Phi) is 2.97. The summed E-state index contributed by atoms with van der Waals surface area (Å²) in [7, 11) is 1.43. The largest absolute Gasteiger partial charge is 0.450 e. The Hall–Kier alpha value is -1.91. The van der Waals surface area contributed by atoms with Crippen LogP contribution >= 0.6 is 0 Å². The summed E-state index contributed by atoms with van der Waals surface area (Å²) in [5.74, 6) is 0.311. The number of anilines is 1. The van der Waals surface area contributed by atoms with Crippen molar-refractivity contribution < 1.29 is 14.6 Å². The minimum absolute atomic E-state index is 0.311. The number of rotatable bonds is 2. The molecule has 0 aliphatic carbocycles. The number of nitrogen functional groups attached to an aromatic ring is 1. The third kappa shape index (κ3) is 2.55. The van der Waals surface area contributed by atoms with E-state index >= 15 is 0 Å². The van der Waals surface area contributed by atoms with E-state index in [4.69, 9.17) is 5.73 Å². The summed E-state index contributed by atoms with van der Waals surface area (Å²) >= 11 is 0. The topological polar surface area (TPSA) is 73.6 Å². The number of carbonyl (C=O) groups is 1. The summed E-state index contributed by atoms with van der Waals surface area (Å²) < 4.78 is 0. The Labute approximate surface area is 75.4 Å². The fourth-order valence-corrected chi connectivity index (χ4v) is 0.681. The van der Waals surface area contributed by atoms with Crippen LogP contribution in [-0.2, 0) is 4.89 Å². The van der Waals surface area contributed by atoms with Gasteiger partial charge in [-0.2, -0.15) is 0 Å². The van der Waals surface area contributed by atoms with Crippen LogP contribution in [0.3, 0.4) is 0 Å². The molecule has 1 rings (SSSR count). The lowest BCUT2D eigenvalue weighted by Gasteiger charge is -2.04. The predicted octanol–water partition coefficient (Wildman–Crippen LogP) is 0.919. The zero-order valence-corrected chi connectivity index (χ0v) is 7.11. The van der Waals surface area contributed by atoms with Crippen molar-refractivity contribution >= 4 is 11.8 Å². The molecule has 5 heteroatoms. The van der Waals surface area contributed by atoms with Crippen molar-refractivity contribution in [3.8, 4) is 5.75 Å². The van der Waals surface area contributed by atoms with Gasteiger partial charge in [-0.3, -0.25) is 4.89 Å². The highest BCUT2D eigenvalue weighted by Crippen LogP contribution is 2.19. The summed E-state index contributed by atoms with van der Waals surface area (Å²) in [6.07, 6.45) is -0.678. The molecule has 1 amide bonds. The average molecular weight is 182 g/mol. The number of para-hydroxylation sites is 2. The van der Waals surface area contributed by atoms with Gasteiger partial charge in [0.1, 0.15) is 0 Å². The second-order valence-electron chi connectivity index (χ2n) is 2.24. The molecule has 70 valence electrons. The maximum atomic E-state index is 10.6. The molecule has 0 bridgehead atoms. The number of hydrogen-bond acceptors (Lipinski definition) is 4. The number of amides is 1. The van der Waals surface area contributed by atoms with Crippen LogP contribution < -0.4 is 15.9 Å². The minimum Gasteiger partial charge on any atom is -0.396 e. The Balaban J connectivity index is 2.54. The molecule has 0 heterocycles. The van der Waals surface area contributed by atoms with Crippen LogP contribution in [0.25, 0.3) is 0 Å². The normalized spacial score (nSPS) is 9.00.